The third-order valence-electron chi connectivity index (χ3n) is 5.18. The van der Waals surface area contributed by atoms with Crippen LogP contribution in [0.3, 0.4) is 0 Å². The molecule has 1 heterocycles. The number of amides is 1. The molecule has 1 aliphatic heterocycles. The number of likely N-dealkylation sites (tertiary alicyclic amines) is 1. The second-order valence-electron chi connectivity index (χ2n) is 6.88. The Morgan fingerprint density at radius 2 is 1.95 bits per heavy atom. The average Bonchev–Trinajstić information content (AvgIpc) is 2.77. The standard InChI is InChI=1S/C20H21NO/c1-20-11-5-4-8-18(20)21(19(22)13-20)14-15-9-10-16-6-2-3-7-17(16)12-15/h2-3,6-10,12H,4-5,11,13-14H2,1H3. The fraction of sp³-hybridized carbons (Fsp3) is 0.350. The number of fused-ring (bicyclic) bond motifs is 2. The van der Waals surface area contributed by atoms with Crippen LogP contribution in [-0.2, 0) is 11.3 Å². The molecule has 2 aliphatic rings. The Labute approximate surface area is 131 Å². The van der Waals surface area contributed by atoms with Crippen molar-refractivity contribution >= 4 is 16.7 Å². The summed E-state index contributed by atoms with van der Waals surface area (Å²) in [5, 5.41) is 2.49. The van der Waals surface area contributed by atoms with Crippen molar-refractivity contribution < 1.29 is 4.79 Å². The molecule has 22 heavy (non-hydrogen) atoms. The second-order valence-corrected chi connectivity index (χ2v) is 6.88. The number of carbonyl (C=O) groups excluding carboxylic acids is 1. The first-order chi connectivity index (χ1) is 10.7. The van der Waals surface area contributed by atoms with E-state index in [2.05, 4.69) is 55.5 Å². The molecule has 2 aromatic carbocycles. The maximum Gasteiger partial charge on any atom is 0.227 e. The molecule has 1 unspecified atom stereocenters. The molecular formula is C20H21NO. The molecule has 1 atom stereocenters. The van der Waals surface area contributed by atoms with Gasteiger partial charge < -0.3 is 4.90 Å². The second kappa shape index (κ2) is 4.98. The summed E-state index contributed by atoms with van der Waals surface area (Å²) in [6, 6.07) is 14.9. The van der Waals surface area contributed by atoms with Gasteiger partial charge in [-0.3, -0.25) is 4.79 Å². The van der Waals surface area contributed by atoms with Crippen LogP contribution in [0.15, 0.2) is 54.2 Å². The molecule has 2 heteroatoms. The summed E-state index contributed by atoms with van der Waals surface area (Å²) >= 11 is 0. The van der Waals surface area contributed by atoms with Crippen molar-refractivity contribution in [1.82, 2.24) is 4.90 Å². The van der Waals surface area contributed by atoms with E-state index in [9.17, 15) is 4.79 Å². The van der Waals surface area contributed by atoms with Gasteiger partial charge in [0.1, 0.15) is 0 Å². The molecule has 0 aromatic heterocycles. The lowest BCUT2D eigenvalue weighted by Crippen LogP contribution is -2.26. The maximum atomic E-state index is 12.5. The Kier molecular flexibility index (Phi) is 3.07. The SMILES string of the molecule is CC12CCCC=C1N(Cc1ccc3ccccc3c1)C(=O)C2. The van der Waals surface area contributed by atoms with Crippen LogP contribution >= 0.6 is 0 Å². The van der Waals surface area contributed by atoms with Gasteiger partial charge in [-0.05, 0) is 41.7 Å². The van der Waals surface area contributed by atoms with Gasteiger partial charge in [-0.25, -0.2) is 0 Å². The molecule has 4 rings (SSSR count). The summed E-state index contributed by atoms with van der Waals surface area (Å²) in [5.41, 5.74) is 2.55. The lowest BCUT2D eigenvalue weighted by Gasteiger charge is -2.31. The molecule has 1 aliphatic carbocycles. The van der Waals surface area contributed by atoms with E-state index in [1.807, 2.05) is 4.90 Å². The van der Waals surface area contributed by atoms with Crippen LogP contribution in [-0.4, -0.2) is 10.8 Å². The van der Waals surface area contributed by atoms with Crippen molar-refractivity contribution in [2.24, 2.45) is 5.41 Å². The van der Waals surface area contributed by atoms with E-state index >= 15 is 0 Å². The summed E-state index contributed by atoms with van der Waals surface area (Å²) in [5.74, 6) is 0.281. The average molecular weight is 291 g/mol. The highest BCUT2D eigenvalue weighted by Gasteiger charge is 2.44. The van der Waals surface area contributed by atoms with E-state index in [1.165, 1.54) is 28.5 Å². The normalized spacial score (nSPS) is 24.5. The minimum absolute atomic E-state index is 0.0756. The van der Waals surface area contributed by atoms with Gasteiger partial charge in [-0.1, -0.05) is 49.4 Å². The van der Waals surface area contributed by atoms with E-state index in [4.69, 9.17) is 0 Å². The first-order valence-electron chi connectivity index (χ1n) is 8.14. The lowest BCUT2D eigenvalue weighted by molar-refractivity contribution is -0.127. The highest BCUT2D eigenvalue weighted by Crippen LogP contribution is 2.47. The van der Waals surface area contributed by atoms with Crippen molar-refractivity contribution in [2.45, 2.75) is 39.2 Å². The Bertz CT molecular complexity index is 776. The number of rotatable bonds is 2. The predicted octanol–water partition coefficient (Wildman–Crippen LogP) is 4.65. The molecule has 112 valence electrons. The van der Waals surface area contributed by atoms with Gasteiger partial charge in [0.2, 0.25) is 5.91 Å². The number of nitrogens with zero attached hydrogens (tertiary/aromatic N) is 1. The van der Waals surface area contributed by atoms with Crippen LogP contribution in [0.25, 0.3) is 10.8 Å². The Morgan fingerprint density at radius 1 is 1.14 bits per heavy atom. The molecule has 0 bridgehead atoms. The molecule has 1 saturated heterocycles. The zero-order valence-electron chi connectivity index (χ0n) is 13.0. The highest BCUT2D eigenvalue weighted by molar-refractivity contribution is 5.85. The van der Waals surface area contributed by atoms with E-state index < -0.39 is 0 Å². The monoisotopic (exact) mass is 291 g/mol. The van der Waals surface area contributed by atoms with Gasteiger partial charge in [-0.15, -0.1) is 0 Å². The Morgan fingerprint density at radius 3 is 2.82 bits per heavy atom. The van der Waals surface area contributed by atoms with Crippen molar-refractivity contribution in [3.05, 3.63) is 59.8 Å². The topological polar surface area (TPSA) is 20.3 Å². The summed E-state index contributed by atoms with van der Waals surface area (Å²) in [6.07, 6.45) is 6.41. The first kappa shape index (κ1) is 13.6. The van der Waals surface area contributed by atoms with Crippen molar-refractivity contribution in [1.29, 1.82) is 0 Å². The first-order valence-corrected chi connectivity index (χ1v) is 8.14. The zero-order valence-corrected chi connectivity index (χ0v) is 13.0. The smallest absolute Gasteiger partial charge is 0.227 e. The summed E-state index contributed by atoms with van der Waals surface area (Å²) < 4.78 is 0. The van der Waals surface area contributed by atoms with Gasteiger partial charge in [-0.2, -0.15) is 0 Å². The molecule has 0 radical (unpaired) electrons. The quantitative estimate of drug-likeness (QED) is 0.789. The largest absolute Gasteiger partial charge is 0.312 e. The van der Waals surface area contributed by atoms with Crippen molar-refractivity contribution in [3.8, 4) is 0 Å². The van der Waals surface area contributed by atoms with Gasteiger partial charge in [0.05, 0.1) is 6.54 Å². The van der Waals surface area contributed by atoms with Crippen molar-refractivity contribution in [2.75, 3.05) is 0 Å². The number of allylic oxidation sites excluding steroid dienone is 2. The summed E-state index contributed by atoms with van der Waals surface area (Å²) in [4.78, 5) is 14.5. The number of benzene rings is 2. The van der Waals surface area contributed by atoms with Gasteiger partial charge in [0, 0.05) is 17.5 Å². The zero-order chi connectivity index (χ0) is 15.2. The fourth-order valence-corrected chi connectivity index (χ4v) is 3.98. The number of hydrogen-bond acceptors (Lipinski definition) is 1. The molecule has 0 spiro atoms. The molecule has 0 N–H and O–H groups in total. The van der Waals surface area contributed by atoms with Crippen LogP contribution in [0.4, 0.5) is 0 Å². The van der Waals surface area contributed by atoms with Crippen LogP contribution in [0.1, 0.15) is 38.2 Å². The maximum absolute atomic E-state index is 12.5. The van der Waals surface area contributed by atoms with E-state index in [1.54, 1.807) is 0 Å². The van der Waals surface area contributed by atoms with Crippen molar-refractivity contribution in [3.63, 3.8) is 0 Å². The van der Waals surface area contributed by atoms with Gasteiger partial charge in [0.15, 0.2) is 0 Å². The van der Waals surface area contributed by atoms with Crippen LogP contribution in [0.2, 0.25) is 0 Å². The van der Waals surface area contributed by atoms with Crippen LogP contribution in [0, 0.1) is 5.41 Å². The minimum Gasteiger partial charge on any atom is -0.312 e. The van der Waals surface area contributed by atoms with Crippen LogP contribution in [0.5, 0.6) is 0 Å². The van der Waals surface area contributed by atoms with E-state index in [-0.39, 0.29) is 11.3 Å². The molecule has 1 fully saturated rings. The molecule has 0 saturated carbocycles. The predicted molar refractivity (Wildman–Crippen MR) is 89.2 cm³/mol. The molecule has 1 amide bonds. The fourth-order valence-electron chi connectivity index (χ4n) is 3.98. The van der Waals surface area contributed by atoms with Gasteiger partial charge in [0.25, 0.3) is 0 Å². The van der Waals surface area contributed by atoms with E-state index in [0.717, 1.165) is 12.8 Å². The molecule has 2 nitrogen and oxygen atoms in total. The summed E-state index contributed by atoms with van der Waals surface area (Å²) in [6.45, 7) is 2.95. The van der Waals surface area contributed by atoms with Gasteiger partial charge >= 0.3 is 0 Å². The number of hydrogen-bond donors (Lipinski definition) is 0. The summed E-state index contributed by atoms with van der Waals surface area (Å²) in [7, 11) is 0. The number of carbonyl (C=O) groups is 1. The highest BCUT2D eigenvalue weighted by atomic mass is 16.2. The Balaban J connectivity index is 1.67. The minimum atomic E-state index is 0.0756. The lowest BCUT2D eigenvalue weighted by atomic mass is 9.77. The Hall–Kier alpha value is -2.09. The van der Waals surface area contributed by atoms with E-state index in [0.29, 0.717) is 13.0 Å². The third-order valence-corrected chi connectivity index (χ3v) is 5.18. The van der Waals surface area contributed by atoms with Crippen LogP contribution < -0.4 is 0 Å². The molecule has 2 aromatic rings. The third kappa shape index (κ3) is 2.14. The molecular weight excluding hydrogens is 270 g/mol.